The summed E-state index contributed by atoms with van der Waals surface area (Å²) in [7, 11) is 2.93. The van der Waals surface area contributed by atoms with Gasteiger partial charge in [0.1, 0.15) is 0 Å². The quantitative estimate of drug-likeness (QED) is 0.635. The van der Waals surface area contributed by atoms with Crippen molar-refractivity contribution in [3.05, 3.63) is 0 Å². The average molecular weight is 188 g/mol. The van der Waals surface area contributed by atoms with E-state index in [4.69, 9.17) is 4.74 Å². The van der Waals surface area contributed by atoms with Gasteiger partial charge in [-0.15, -0.1) is 0 Å². The second-order valence-electron chi connectivity index (χ2n) is 3.37. The fourth-order valence-electron chi connectivity index (χ4n) is 1.75. The van der Waals surface area contributed by atoms with Gasteiger partial charge in [0.2, 0.25) is 0 Å². The SMILES string of the molecule is COC(=O)[C@@H]1CC[C@@H](O)[C@H](OC)C1. The number of carbonyl (C=O) groups is 1. The molecule has 3 atom stereocenters. The number of esters is 1. The Morgan fingerprint density at radius 1 is 1.38 bits per heavy atom. The fourth-order valence-corrected chi connectivity index (χ4v) is 1.75. The molecule has 0 unspecified atom stereocenters. The Morgan fingerprint density at radius 2 is 2.08 bits per heavy atom. The summed E-state index contributed by atoms with van der Waals surface area (Å²) in [5, 5.41) is 9.46. The molecule has 76 valence electrons. The number of methoxy groups -OCH3 is 2. The van der Waals surface area contributed by atoms with Gasteiger partial charge in [0.05, 0.1) is 25.2 Å². The molecular formula is C9H16O4. The zero-order valence-corrected chi connectivity index (χ0v) is 8.03. The highest BCUT2D eigenvalue weighted by molar-refractivity contribution is 5.72. The van der Waals surface area contributed by atoms with E-state index in [1.807, 2.05) is 0 Å². The maximum atomic E-state index is 11.2. The van der Waals surface area contributed by atoms with E-state index in [1.54, 1.807) is 7.11 Å². The Kier molecular flexibility index (Phi) is 3.69. The molecule has 0 aromatic rings. The Morgan fingerprint density at radius 3 is 2.62 bits per heavy atom. The molecule has 1 aliphatic carbocycles. The Labute approximate surface area is 77.8 Å². The van der Waals surface area contributed by atoms with Gasteiger partial charge in [0.25, 0.3) is 0 Å². The molecule has 1 saturated carbocycles. The number of hydrogen-bond acceptors (Lipinski definition) is 4. The van der Waals surface area contributed by atoms with Crippen molar-refractivity contribution in [3.8, 4) is 0 Å². The number of ether oxygens (including phenoxy) is 2. The summed E-state index contributed by atoms with van der Waals surface area (Å²) in [5.41, 5.74) is 0. The topological polar surface area (TPSA) is 55.8 Å². The molecule has 0 spiro atoms. The number of aliphatic hydroxyl groups excluding tert-OH is 1. The number of hydrogen-bond donors (Lipinski definition) is 1. The van der Waals surface area contributed by atoms with E-state index >= 15 is 0 Å². The maximum absolute atomic E-state index is 11.2. The van der Waals surface area contributed by atoms with Crippen molar-refractivity contribution in [3.63, 3.8) is 0 Å². The van der Waals surface area contributed by atoms with Crippen molar-refractivity contribution < 1.29 is 19.4 Å². The Hall–Kier alpha value is -0.610. The van der Waals surface area contributed by atoms with Crippen LogP contribution in [0.25, 0.3) is 0 Å². The highest BCUT2D eigenvalue weighted by Gasteiger charge is 2.33. The molecule has 0 saturated heterocycles. The molecule has 0 aliphatic heterocycles. The molecule has 0 heterocycles. The van der Waals surface area contributed by atoms with Crippen LogP contribution in [0.15, 0.2) is 0 Å². The van der Waals surface area contributed by atoms with Gasteiger partial charge in [-0.05, 0) is 19.3 Å². The van der Waals surface area contributed by atoms with E-state index in [2.05, 4.69) is 4.74 Å². The monoisotopic (exact) mass is 188 g/mol. The van der Waals surface area contributed by atoms with Gasteiger partial charge >= 0.3 is 5.97 Å². The predicted octanol–water partition coefficient (Wildman–Crippen LogP) is 0.335. The molecule has 4 heteroatoms. The lowest BCUT2D eigenvalue weighted by Crippen LogP contribution is -2.38. The fraction of sp³-hybridized carbons (Fsp3) is 0.889. The number of aliphatic hydroxyl groups is 1. The molecule has 13 heavy (non-hydrogen) atoms. The van der Waals surface area contributed by atoms with Gasteiger partial charge in [-0.2, -0.15) is 0 Å². The highest BCUT2D eigenvalue weighted by atomic mass is 16.5. The normalized spacial score (nSPS) is 34.2. The summed E-state index contributed by atoms with van der Waals surface area (Å²) in [5.74, 6) is -0.313. The molecule has 1 rings (SSSR count). The van der Waals surface area contributed by atoms with Gasteiger partial charge in [-0.1, -0.05) is 0 Å². The predicted molar refractivity (Wildman–Crippen MR) is 46.2 cm³/mol. The molecule has 0 bridgehead atoms. The van der Waals surface area contributed by atoms with Gasteiger partial charge in [-0.25, -0.2) is 0 Å². The molecule has 1 fully saturated rings. The van der Waals surface area contributed by atoms with Gasteiger partial charge < -0.3 is 14.6 Å². The van der Waals surface area contributed by atoms with E-state index in [9.17, 15) is 9.90 Å². The van der Waals surface area contributed by atoms with Crippen molar-refractivity contribution in [2.24, 2.45) is 5.92 Å². The van der Waals surface area contributed by atoms with Crippen molar-refractivity contribution in [1.29, 1.82) is 0 Å². The second-order valence-corrected chi connectivity index (χ2v) is 3.37. The van der Waals surface area contributed by atoms with E-state index in [1.165, 1.54) is 7.11 Å². The summed E-state index contributed by atoms with van der Waals surface area (Å²) < 4.78 is 9.71. The average Bonchev–Trinajstić information content (AvgIpc) is 2.17. The summed E-state index contributed by atoms with van der Waals surface area (Å²) >= 11 is 0. The van der Waals surface area contributed by atoms with Crippen LogP contribution >= 0.6 is 0 Å². The standard InChI is InChI=1S/C9H16O4/c1-12-8-5-6(9(11)13-2)3-4-7(8)10/h6-8,10H,3-5H2,1-2H3/t6-,7-,8-/m1/s1. The van der Waals surface area contributed by atoms with Crippen molar-refractivity contribution in [2.75, 3.05) is 14.2 Å². The van der Waals surface area contributed by atoms with E-state index < -0.39 is 6.10 Å². The summed E-state index contributed by atoms with van der Waals surface area (Å²) in [4.78, 5) is 11.2. The molecular weight excluding hydrogens is 172 g/mol. The summed E-state index contributed by atoms with van der Waals surface area (Å²) in [6, 6.07) is 0. The zero-order valence-electron chi connectivity index (χ0n) is 8.03. The van der Waals surface area contributed by atoms with Crippen LogP contribution in [0.1, 0.15) is 19.3 Å². The Bertz CT molecular complexity index is 180. The first-order chi connectivity index (χ1) is 6.19. The maximum Gasteiger partial charge on any atom is 0.308 e. The van der Waals surface area contributed by atoms with Gasteiger partial charge in [0.15, 0.2) is 0 Å². The Balaban J connectivity index is 2.49. The van der Waals surface area contributed by atoms with Crippen LogP contribution in [-0.2, 0) is 14.3 Å². The first kappa shape index (κ1) is 10.5. The molecule has 1 aliphatic rings. The first-order valence-corrected chi connectivity index (χ1v) is 4.47. The zero-order chi connectivity index (χ0) is 9.84. The van der Waals surface area contributed by atoms with Crippen LogP contribution in [0.2, 0.25) is 0 Å². The third-order valence-electron chi connectivity index (χ3n) is 2.59. The summed E-state index contributed by atoms with van der Waals surface area (Å²) in [6.07, 6.45) is 1.19. The number of rotatable bonds is 2. The van der Waals surface area contributed by atoms with Crippen molar-refractivity contribution in [2.45, 2.75) is 31.5 Å². The van der Waals surface area contributed by atoms with Gasteiger partial charge in [0, 0.05) is 7.11 Å². The third-order valence-corrected chi connectivity index (χ3v) is 2.59. The molecule has 0 amide bonds. The lowest BCUT2D eigenvalue weighted by atomic mass is 9.85. The minimum atomic E-state index is -0.439. The number of carbonyl (C=O) groups excluding carboxylic acids is 1. The molecule has 0 radical (unpaired) electrons. The molecule has 1 N–H and O–H groups in total. The lowest BCUT2D eigenvalue weighted by molar-refractivity contribution is -0.150. The van der Waals surface area contributed by atoms with Crippen LogP contribution in [0.5, 0.6) is 0 Å². The van der Waals surface area contributed by atoms with Crippen molar-refractivity contribution >= 4 is 5.97 Å². The van der Waals surface area contributed by atoms with E-state index in [0.29, 0.717) is 19.3 Å². The summed E-state index contributed by atoms with van der Waals surface area (Å²) in [6.45, 7) is 0. The van der Waals surface area contributed by atoms with Crippen LogP contribution in [-0.4, -0.2) is 37.5 Å². The van der Waals surface area contributed by atoms with Crippen LogP contribution < -0.4 is 0 Å². The van der Waals surface area contributed by atoms with Crippen LogP contribution in [0.3, 0.4) is 0 Å². The lowest BCUT2D eigenvalue weighted by Gasteiger charge is -2.30. The van der Waals surface area contributed by atoms with Gasteiger partial charge in [-0.3, -0.25) is 4.79 Å². The minimum absolute atomic E-state index is 0.113. The molecule has 4 nitrogen and oxygen atoms in total. The molecule has 0 aromatic heterocycles. The van der Waals surface area contributed by atoms with E-state index in [-0.39, 0.29) is 18.0 Å². The second kappa shape index (κ2) is 4.58. The van der Waals surface area contributed by atoms with E-state index in [0.717, 1.165) is 0 Å². The van der Waals surface area contributed by atoms with Crippen LogP contribution in [0, 0.1) is 5.92 Å². The van der Waals surface area contributed by atoms with Crippen molar-refractivity contribution in [1.82, 2.24) is 0 Å². The third kappa shape index (κ3) is 2.42. The minimum Gasteiger partial charge on any atom is -0.469 e. The molecule has 0 aromatic carbocycles. The smallest absolute Gasteiger partial charge is 0.308 e. The first-order valence-electron chi connectivity index (χ1n) is 4.47. The largest absolute Gasteiger partial charge is 0.469 e. The van der Waals surface area contributed by atoms with Crippen LogP contribution in [0.4, 0.5) is 0 Å². The highest BCUT2D eigenvalue weighted by Crippen LogP contribution is 2.27.